The lowest BCUT2D eigenvalue weighted by Gasteiger charge is -2.18. The molecule has 3 rings (SSSR count). The highest BCUT2D eigenvalue weighted by molar-refractivity contribution is 6.30. The van der Waals surface area contributed by atoms with Crippen LogP contribution < -0.4 is 5.32 Å². The average Bonchev–Trinajstić information content (AvgIpc) is 2.69. The van der Waals surface area contributed by atoms with Gasteiger partial charge in [-0.2, -0.15) is 0 Å². The number of aromatic nitrogens is 1. The Morgan fingerprint density at radius 2 is 2.00 bits per heavy atom. The van der Waals surface area contributed by atoms with Gasteiger partial charge in [-0.05, 0) is 29.7 Å². The van der Waals surface area contributed by atoms with Crippen molar-refractivity contribution in [1.82, 2.24) is 4.98 Å². The van der Waals surface area contributed by atoms with Gasteiger partial charge in [-0.25, -0.2) is 4.98 Å². The Morgan fingerprint density at radius 1 is 1.17 bits per heavy atom. The largest absolute Gasteiger partial charge is 0.362 e. The van der Waals surface area contributed by atoms with Crippen molar-refractivity contribution >= 4 is 29.0 Å². The molecule has 92 valence electrons. The van der Waals surface area contributed by atoms with Crippen LogP contribution in [0.4, 0.5) is 5.82 Å². The van der Waals surface area contributed by atoms with Crippen LogP contribution in [0.3, 0.4) is 0 Å². The van der Waals surface area contributed by atoms with E-state index in [0.29, 0.717) is 5.02 Å². The van der Waals surface area contributed by atoms with Gasteiger partial charge in [-0.15, -0.1) is 11.6 Å². The van der Waals surface area contributed by atoms with Gasteiger partial charge in [0.2, 0.25) is 0 Å². The van der Waals surface area contributed by atoms with Gasteiger partial charge >= 0.3 is 0 Å². The van der Waals surface area contributed by atoms with Gasteiger partial charge in [0.25, 0.3) is 0 Å². The zero-order valence-corrected chi connectivity index (χ0v) is 11.1. The molecule has 0 saturated heterocycles. The first-order chi connectivity index (χ1) is 8.74. The molecule has 1 aliphatic rings. The Morgan fingerprint density at radius 3 is 2.78 bits per heavy atom. The third-order valence-electron chi connectivity index (χ3n) is 3.20. The zero-order valence-electron chi connectivity index (χ0n) is 9.61. The molecule has 1 aliphatic carbocycles. The van der Waals surface area contributed by atoms with E-state index in [-0.39, 0.29) is 11.4 Å². The molecule has 1 N–H and O–H groups in total. The molecule has 0 spiro atoms. The Balaban J connectivity index is 1.87. The van der Waals surface area contributed by atoms with Crippen LogP contribution >= 0.6 is 23.2 Å². The summed E-state index contributed by atoms with van der Waals surface area (Å²) in [4.78, 5) is 4.25. The molecule has 0 saturated carbocycles. The number of nitrogens with one attached hydrogen (secondary N) is 1. The summed E-state index contributed by atoms with van der Waals surface area (Å²) >= 11 is 12.2. The second kappa shape index (κ2) is 4.79. The van der Waals surface area contributed by atoms with Gasteiger partial charge in [0.05, 0.1) is 16.4 Å². The zero-order chi connectivity index (χ0) is 12.5. The molecule has 0 radical (unpaired) electrons. The summed E-state index contributed by atoms with van der Waals surface area (Å²) in [7, 11) is 0. The molecule has 2 atom stereocenters. The SMILES string of the molecule is Clc1ccc(NC2c3ccccc3CC2Cl)nc1. The number of nitrogens with zero attached hydrogens (tertiary/aromatic N) is 1. The van der Waals surface area contributed by atoms with E-state index in [1.54, 1.807) is 6.20 Å². The van der Waals surface area contributed by atoms with Crippen molar-refractivity contribution in [2.24, 2.45) is 0 Å². The lowest BCUT2D eigenvalue weighted by Crippen LogP contribution is -2.17. The third kappa shape index (κ3) is 2.18. The van der Waals surface area contributed by atoms with Crippen molar-refractivity contribution in [1.29, 1.82) is 0 Å². The summed E-state index contributed by atoms with van der Waals surface area (Å²) in [6, 6.07) is 12.1. The highest BCUT2D eigenvalue weighted by Crippen LogP contribution is 2.36. The van der Waals surface area contributed by atoms with Gasteiger partial charge in [0, 0.05) is 6.20 Å². The van der Waals surface area contributed by atoms with Crippen molar-refractivity contribution in [2.75, 3.05) is 5.32 Å². The van der Waals surface area contributed by atoms with Crippen LogP contribution in [0.25, 0.3) is 0 Å². The molecule has 0 aliphatic heterocycles. The number of fused-ring (bicyclic) bond motifs is 1. The number of halogens is 2. The fourth-order valence-corrected chi connectivity index (χ4v) is 2.81. The molecule has 1 heterocycles. The molecule has 0 bridgehead atoms. The average molecular weight is 279 g/mol. The first kappa shape index (κ1) is 11.8. The molecular formula is C14H12Cl2N2. The third-order valence-corrected chi connectivity index (χ3v) is 3.83. The topological polar surface area (TPSA) is 24.9 Å². The first-order valence-electron chi connectivity index (χ1n) is 5.84. The van der Waals surface area contributed by atoms with Crippen LogP contribution in [0.15, 0.2) is 42.6 Å². The second-order valence-corrected chi connectivity index (χ2v) is 5.40. The fraction of sp³-hybridized carbons (Fsp3) is 0.214. The normalized spacial score (nSPS) is 21.7. The lowest BCUT2D eigenvalue weighted by molar-refractivity contribution is 0.767. The van der Waals surface area contributed by atoms with Crippen LogP contribution in [0.5, 0.6) is 0 Å². The molecule has 4 heteroatoms. The van der Waals surface area contributed by atoms with E-state index in [2.05, 4.69) is 22.4 Å². The minimum atomic E-state index is 0.0554. The van der Waals surface area contributed by atoms with Crippen LogP contribution in [0.1, 0.15) is 17.2 Å². The number of anilines is 1. The van der Waals surface area contributed by atoms with Gasteiger partial charge in [0.15, 0.2) is 0 Å². The monoisotopic (exact) mass is 278 g/mol. The summed E-state index contributed by atoms with van der Waals surface area (Å²) in [5.41, 5.74) is 2.57. The quantitative estimate of drug-likeness (QED) is 0.839. The highest BCUT2D eigenvalue weighted by atomic mass is 35.5. The predicted molar refractivity (Wildman–Crippen MR) is 75.4 cm³/mol. The fourth-order valence-electron chi connectivity index (χ4n) is 2.33. The van der Waals surface area contributed by atoms with Crippen molar-refractivity contribution in [3.8, 4) is 0 Å². The number of pyridine rings is 1. The summed E-state index contributed by atoms with van der Waals surface area (Å²) in [6.45, 7) is 0. The van der Waals surface area contributed by atoms with E-state index >= 15 is 0 Å². The van der Waals surface area contributed by atoms with Gasteiger partial charge in [-0.3, -0.25) is 0 Å². The number of benzene rings is 1. The van der Waals surface area contributed by atoms with E-state index in [9.17, 15) is 0 Å². The van der Waals surface area contributed by atoms with Crippen molar-refractivity contribution in [3.63, 3.8) is 0 Å². The highest BCUT2D eigenvalue weighted by Gasteiger charge is 2.30. The minimum absolute atomic E-state index is 0.0554. The van der Waals surface area contributed by atoms with Crippen molar-refractivity contribution in [2.45, 2.75) is 17.8 Å². The van der Waals surface area contributed by atoms with Crippen molar-refractivity contribution in [3.05, 3.63) is 58.7 Å². The van der Waals surface area contributed by atoms with E-state index in [4.69, 9.17) is 23.2 Å². The maximum atomic E-state index is 6.41. The van der Waals surface area contributed by atoms with E-state index in [1.165, 1.54) is 11.1 Å². The maximum Gasteiger partial charge on any atom is 0.126 e. The van der Waals surface area contributed by atoms with Gasteiger partial charge in [0.1, 0.15) is 5.82 Å². The molecule has 0 fully saturated rings. The number of hydrogen-bond donors (Lipinski definition) is 1. The number of hydrogen-bond acceptors (Lipinski definition) is 2. The lowest BCUT2D eigenvalue weighted by atomic mass is 10.1. The molecule has 0 amide bonds. The summed E-state index contributed by atoms with van der Waals surface area (Å²) in [5, 5.41) is 4.06. The smallest absolute Gasteiger partial charge is 0.126 e. The number of alkyl halides is 1. The van der Waals surface area contributed by atoms with Gasteiger partial charge in [-0.1, -0.05) is 35.9 Å². The molecule has 2 nitrogen and oxygen atoms in total. The predicted octanol–water partition coefficient (Wildman–Crippen LogP) is 4.05. The van der Waals surface area contributed by atoms with Crippen LogP contribution in [0, 0.1) is 0 Å². The van der Waals surface area contributed by atoms with E-state index < -0.39 is 0 Å². The summed E-state index contributed by atoms with van der Waals surface area (Å²) < 4.78 is 0. The van der Waals surface area contributed by atoms with Crippen LogP contribution in [-0.2, 0) is 6.42 Å². The van der Waals surface area contributed by atoms with Crippen LogP contribution in [0.2, 0.25) is 5.02 Å². The first-order valence-corrected chi connectivity index (χ1v) is 6.65. The number of rotatable bonds is 2. The standard InChI is InChI=1S/C14H12Cl2N2/c15-10-5-6-13(17-8-10)18-14-11-4-2-1-3-9(11)7-12(14)16/h1-6,8,12,14H,7H2,(H,17,18). The Hall–Kier alpha value is -1.25. The molecule has 1 aromatic heterocycles. The summed E-state index contributed by atoms with van der Waals surface area (Å²) in [5.74, 6) is 0.798. The maximum absolute atomic E-state index is 6.41. The Bertz CT molecular complexity index is 554. The molecule has 2 aromatic rings. The van der Waals surface area contributed by atoms with E-state index in [0.717, 1.165) is 12.2 Å². The second-order valence-electron chi connectivity index (χ2n) is 4.40. The molecular weight excluding hydrogens is 267 g/mol. The van der Waals surface area contributed by atoms with Gasteiger partial charge < -0.3 is 5.32 Å². The summed E-state index contributed by atoms with van der Waals surface area (Å²) in [6.07, 6.45) is 2.52. The van der Waals surface area contributed by atoms with Crippen LogP contribution in [-0.4, -0.2) is 10.4 Å². The Labute approximate surface area is 116 Å². The Kier molecular flexibility index (Phi) is 3.14. The van der Waals surface area contributed by atoms with Crippen molar-refractivity contribution < 1.29 is 0 Å². The van der Waals surface area contributed by atoms with E-state index in [1.807, 2.05) is 24.3 Å². The minimum Gasteiger partial charge on any atom is -0.362 e. The molecule has 1 aromatic carbocycles. The molecule has 2 unspecified atom stereocenters. The molecule has 18 heavy (non-hydrogen) atoms.